The lowest BCUT2D eigenvalue weighted by Gasteiger charge is -2.14. The molecule has 0 saturated heterocycles. The summed E-state index contributed by atoms with van der Waals surface area (Å²) in [6.45, 7) is 2.04. The Kier molecular flexibility index (Phi) is 5.42. The Morgan fingerprint density at radius 3 is 2.45 bits per heavy atom. The van der Waals surface area contributed by atoms with Crippen molar-refractivity contribution in [2.75, 3.05) is 19.5 Å². The van der Waals surface area contributed by atoms with Crippen LogP contribution in [0, 0.1) is 0 Å². The molecule has 0 fully saturated rings. The maximum Gasteiger partial charge on any atom is 0.225 e. The number of carbonyl (C=O) groups is 1. The molecule has 1 unspecified atom stereocenters. The molecule has 1 amide bonds. The fourth-order valence-electron chi connectivity index (χ4n) is 2.29. The first-order chi connectivity index (χ1) is 10.6. The summed E-state index contributed by atoms with van der Waals surface area (Å²) in [5.41, 5.74) is 1.77. The van der Waals surface area contributed by atoms with Gasteiger partial charge in [-0.25, -0.2) is 0 Å². The van der Waals surface area contributed by atoms with Crippen molar-refractivity contribution in [1.29, 1.82) is 0 Å². The van der Waals surface area contributed by atoms with Gasteiger partial charge in [-0.05, 0) is 23.6 Å². The van der Waals surface area contributed by atoms with Crippen LogP contribution in [0.1, 0.15) is 24.8 Å². The van der Waals surface area contributed by atoms with E-state index < -0.39 is 0 Å². The van der Waals surface area contributed by atoms with Crippen LogP contribution in [-0.4, -0.2) is 20.1 Å². The number of anilines is 1. The Morgan fingerprint density at radius 1 is 1.09 bits per heavy atom. The van der Waals surface area contributed by atoms with Crippen molar-refractivity contribution in [3.63, 3.8) is 0 Å². The summed E-state index contributed by atoms with van der Waals surface area (Å²) in [7, 11) is 3.16. The third-order valence-corrected chi connectivity index (χ3v) is 3.54. The van der Waals surface area contributed by atoms with Crippen molar-refractivity contribution in [3.05, 3.63) is 54.1 Å². The van der Waals surface area contributed by atoms with Crippen molar-refractivity contribution in [3.8, 4) is 11.5 Å². The van der Waals surface area contributed by atoms with Gasteiger partial charge in [0.25, 0.3) is 0 Å². The summed E-state index contributed by atoms with van der Waals surface area (Å²) < 4.78 is 10.4. The fourth-order valence-corrected chi connectivity index (χ4v) is 2.29. The van der Waals surface area contributed by atoms with E-state index in [1.54, 1.807) is 32.4 Å². The molecule has 0 aliphatic carbocycles. The van der Waals surface area contributed by atoms with Crippen LogP contribution in [-0.2, 0) is 4.79 Å². The van der Waals surface area contributed by atoms with Gasteiger partial charge < -0.3 is 14.8 Å². The third-order valence-electron chi connectivity index (χ3n) is 3.54. The first-order valence-electron chi connectivity index (χ1n) is 7.21. The highest BCUT2D eigenvalue weighted by molar-refractivity contribution is 5.93. The molecule has 0 spiro atoms. The largest absolute Gasteiger partial charge is 0.497 e. The topological polar surface area (TPSA) is 47.6 Å². The highest BCUT2D eigenvalue weighted by Gasteiger charge is 2.13. The average molecular weight is 299 g/mol. The maximum atomic E-state index is 12.3. The molecule has 0 saturated carbocycles. The van der Waals surface area contributed by atoms with E-state index >= 15 is 0 Å². The van der Waals surface area contributed by atoms with Gasteiger partial charge in [0.2, 0.25) is 5.91 Å². The molecule has 0 aliphatic rings. The smallest absolute Gasteiger partial charge is 0.225 e. The summed E-state index contributed by atoms with van der Waals surface area (Å²) in [5.74, 6) is 1.38. The lowest BCUT2D eigenvalue weighted by Crippen LogP contribution is -2.15. The van der Waals surface area contributed by atoms with Crippen molar-refractivity contribution < 1.29 is 14.3 Å². The number of amides is 1. The Hall–Kier alpha value is -2.49. The molecule has 22 heavy (non-hydrogen) atoms. The minimum atomic E-state index is -0.0529. The summed E-state index contributed by atoms with van der Waals surface area (Å²) in [5, 5.41) is 2.89. The predicted octanol–water partition coefficient (Wildman–Crippen LogP) is 3.84. The average Bonchev–Trinajstić information content (AvgIpc) is 2.55. The molecule has 2 aromatic carbocycles. The Bertz CT molecular complexity index is 625. The maximum absolute atomic E-state index is 12.3. The highest BCUT2D eigenvalue weighted by Crippen LogP contribution is 2.29. The molecule has 2 aromatic rings. The molecular weight excluding hydrogens is 278 g/mol. The highest BCUT2D eigenvalue weighted by atomic mass is 16.5. The molecule has 1 atom stereocenters. The Morgan fingerprint density at radius 2 is 1.82 bits per heavy atom. The zero-order chi connectivity index (χ0) is 15.9. The van der Waals surface area contributed by atoms with Crippen LogP contribution in [0.15, 0.2) is 48.5 Å². The van der Waals surface area contributed by atoms with E-state index in [1.165, 1.54) is 0 Å². The molecule has 0 aliphatic heterocycles. The zero-order valence-electron chi connectivity index (χ0n) is 13.1. The van der Waals surface area contributed by atoms with Crippen molar-refractivity contribution in [2.45, 2.75) is 19.3 Å². The van der Waals surface area contributed by atoms with Gasteiger partial charge in [0.15, 0.2) is 0 Å². The van der Waals surface area contributed by atoms with Gasteiger partial charge in [0.05, 0.1) is 19.9 Å². The van der Waals surface area contributed by atoms with E-state index in [-0.39, 0.29) is 11.8 Å². The van der Waals surface area contributed by atoms with E-state index in [9.17, 15) is 4.79 Å². The van der Waals surface area contributed by atoms with E-state index in [1.807, 2.05) is 37.3 Å². The van der Waals surface area contributed by atoms with Gasteiger partial charge in [0, 0.05) is 12.5 Å². The van der Waals surface area contributed by atoms with Crippen LogP contribution in [0.2, 0.25) is 0 Å². The fraction of sp³-hybridized carbons (Fsp3) is 0.278. The molecule has 0 aromatic heterocycles. The van der Waals surface area contributed by atoms with E-state index in [0.717, 1.165) is 5.56 Å². The minimum absolute atomic E-state index is 0.0529. The van der Waals surface area contributed by atoms with Crippen LogP contribution in [0.25, 0.3) is 0 Å². The number of rotatable bonds is 6. The van der Waals surface area contributed by atoms with Crippen molar-refractivity contribution in [1.82, 2.24) is 0 Å². The third kappa shape index (κ3) is 4.01. The lowest BCUT2D eigenvalue weighted by molar-refractivity contribution is -0.116. The molecule has 0 radical (unpaired) electrons. The number of hydrogen-bond acceptors (Lipinski definition) is 3. The predicted molar refractivity (Wildman–Crippen MR) is 87.6 cm³/mol. The summed E-state index contributed by atoms with van der Waals surface area (Å²) in [6.07, 6.45) is 0.407. The van der Waals surface area contributed by atoms with Crippen molar-refractivity contribution in [2.24, 2.45) is 0 Å². The molecule has 0 bridgehead atoms. The number of ether oxygens (including phenoxy) is 2. The Balaban J connectivity index is 2.05. The van der Waals surface area contributed by atoms with E-state index in [4.69, 9.17) is 9.47 Å². The molecule has 4 heteroatoms. The molecule has 1 N–H and O–H groups in total. The quantitative estimate of drug-likeness (QED) is 0.881. The second-order valence-electron chi connectivity index (χ2n) is 5.13. The number of hydrogen-bond donors (Lipinski definition) is 1. The van der Waals surface area contributed by atoms with Gasteiger partial charge in [0.1, 0.15) is 11.5 Å². The molecule has 2 rings (SSSR count). The van der Waals surface area contributed by atoms with Gasteiger partial charge in [-0.2, -0.15) is 0 Å². The first-order valence-corrected chi connectivity index (χ1v) is 7.21. The number of carbonyl (C=O) groups excluding carboxylic acids is 1. The molecule has 0 heterocycles. The van der Waals surface area contributed by atoms with Crippen LogP contribution in [0.4, 0.5) is 5.69 Å². The second kappa shape index (κ2) is 7.50. The number of nitrogens with one attached hydrogen (secondary N) is 1. The first kappa shape index (κ1) is 15.9. The number of methoxy groups -OCH3 is 2. The van der Waals surface area contributed by atoms with Gasteiger partial charge in [-0.3, -0.25) is 4.79 Å². The van der Waals surface area contributed by atoms with Crippen LogP contribution < -0.4 is 14.8 Å². The second-order valence-corrected chi connectivity index (χ2v) is 5.13. The molecule has 116 valence electrons. The van der Waals surface area contributed by atoms with Gasteiger partial charge >= 0.3 is 0 Å². The molecule has 4 nitrogen and oxygen atoms in total. The van der Waals surface area contributed by atoms with Crippen LogP contribution >= 0.6 is 0 Å². The van der Waals surface area contributed by atoms with Crippen molar-refractivity contribution >= 4 is 11.6 Å². The monoisotopic (exact) mass is 299 g/mol. The summed E-state index contributed by atoms with van der Waals surface area (Å²) in [6, 6.07) is 15.3. The zero-order valence-corrected chi connectivity index (χ0v) is 13.1. The Labute approximate surface area is 131 Å². The van der Waals surface area contributed by atoms with Crippen LogP contribution in [0.5, 0.6) is 11.5 Å². The summed E-state index contributed by atoms with van der Waals surface area (Å²) in [4.78, 5) is 12.3. The van der Waals surface area contributed by atoms with Gasteiger partial charge in [-0.1, -0.05) is 37.3 Å². The number of benzene rings is 2. The lowest BCUT2D eigenvalue weighted by atomic mass is 9.97. The minimum Gasteiger partial charge on any atom is -0.497 e. The standard InChI is InChI=1S/C18H21NO3/c1-13(14-7-5-4-6-8-14)11-18(20)19-16-12-15(21-2)9-10-17(16)22-3/h4-10,12-13H,11H2,1-3H3,(H,19,20). The van der Waals surface area contributed by atoms with E-state index in [2.05, 4.69) is 5.32 Å². The van der Waals surface area contributed by atoms with Crippen LogP contribution in [0.3, 0.4) is 0 Å². The van der Waals surface area contributed by atoms with Gasteiger partial charge in [-0.15, -0.1) is 0 Å². The summed E-state index contributed by atoms with van der Waals surface area (Å²) >= 11 is 0. The van der Waals surface area contributed by atoms with E-state index in [0.29, 0.717) is 23.6 Å². The SMILES string of the molecule is COc1ccc(OC)c(NC(=O)CC(C)c2ccccc2)c1. The normalized spacial score (nSPS) is 11.6. The molecular formula is C18H21NO3.